The Kier molecular flexibility index (Phi) is 9.33. The maximum atomic E-state index is 5.33. The number of benzene rings is 2. The summed E-state index contributed by atoms with van der Waals surface area (Å²) in [6.45, 7) is 2.29. The molecule has 0 atom stereocenters. The average Bonchev–Trinajstić information content (AvgIpc) is 2.89. The fourth-order valence-corrected chi connectivity index (χ4v) is 6.61. The minimum absolute atomic E-state index is 0.758. The third kappa shape index (κ3) is 6.87. The molecule has 0 saturated heterocycles. The molecule has 0 aromatic heterocycles. The van der Waals surface area contributed by atoms with Gasteiger partial charge in [0.1, 0.15) is 5.75 Å². The van der Waals surface area contributed by atoms with Gasteiger partial charge in [-0.05, 0) is 117 Å². The quantitative estimate of drug-likeness (QED) is 0.330. The normalized spacial score (nSPS) is 25.6. The van der Waals surface area contributed by atoms with Crippen molar-refractivity contribution in [3.63, 3.8) is 0 Å². The second kappa shape index (κ2) is 12.6. The van der Waals surface area contributed by atoms with Gasteiger partial charge in [-0.25, -0.2) is 0 Å². The van der Waals surface area contributed by atoms with Crippen LogP contribution in [0.15, 0.2) is 48.5 Å². The SMILES string of the molecule is CCCCCCCc1ccc(C2CCC(C3CCC(c4ccc(OC)cc4)CC3)CC2)cc1. The Morgan fingerprint density at radius 1 is 0.606 bits per heavy atom. The van der Waals surface area contributed by atoms with Crippen molar-refractivity contribution in [3.8, 4) is 5.75 Å². The molecule has 1 nitrogen and oxygen atoms in total. The molecule has 2 aromatic carbocycles. The van der Waals surface area contributed by atoms with Crippen LogP contribution < -0.4 is 4.74 Å². The van der Waals surface area contributed by atoms with Crippen molar-refractivity contribution < 1.29 is 4.74 Å². The van der Waals surface area contributed by atoms with E-state index in [0.29, 0.717) is 0 Å². The lowest BCUT2D eigenvalue weighted by Crippen LogP contribution is -2.25. The van der Waals surface area contributed by atoms with Gasteiger partial charge < -0.3 is 4.74 Å². The maximum Gasteiger partial charge on any atom is 0.118 e. The molecule has 0 spiro atoms. The van der Waals surface area contributed by atoms with E-state index >= 15 is 0 Å². The Morgan fingerprint density at radius 3 is 1.58 bits per heavy atom. The molecule has 2 aromatic rings. The predicted molar refractivity (Wildman–Crippen MR) is 141 cm³/mol. The highest BCUT2D eigenvalue weighted by Crippen LogP contribution is 2.45. The first-order valence-corrected chi connectivity index (χ1v) is 14.0. The van der Waals surface area contributed by atoms with Crippen LogP contribution in [0.1, 0.15) is 119 Å². The molecule has 180 valence electrons. The molecule has 0 radical (unpaired) electrons. The Labute approximate surface area is 203 Å². The molecular formula is C32H46O. The summed E-state index contributed by atoms with van der Waals surface area (Å²) < 4.78 is 5.33. The lowest BCUT2D eigenvalue weighted by Gasteiger charge is -2.38. The van der Waals surface area contributed by atoms with E-state index in [1.54, 1.807) is 12.7 Å². The topological polar surface area (TPSA) is 9.23 Å². The molecule has 2 aliphatic carbocycles. The first-order chi connectivity index (χ1) is 16.3. The molecule has 1 heteroatoms. The van der Waals surface area contributed by atoms with Crippen LogP contribution in [0.2, 0.25) is 0 Å². The Balaban J connectivity index is 1.18. The zero-order valence-corrected chi connectivity index (χ0v) is 21.2. The Hall–Kier alpha value is -1.76. The molecule has 4 rings (SSSR count). The van der Waals surface area contributed by atoms with Crippen LogP contribution >= 0.6 is 0 Å². The van der Waals surface area contributed by atoms with Gasteiger partial charge in [0.15, 0.2) is 0 Å². The van der Waals surface area contributed by atoms with Gasteiger partial charge in [-0.2, -0.15) is 0 Å². The van der Waals surface area contributed by atoms with E-state index in [1.165, 1.54) is 101 Å². The first kappa shape index (κ1) is 24.4. The number of methoxy groups -OCH3 is 1. The van der Waals surface area contributed by atoms with E-state index in [2.05, 4.69) is 55.5 Å². The fraction of sp³-hybridized carbons (Fsp3) is 0.625. The van der Waals surface area contributed by atoms with Gasteiger partial charge in [0.05, 0.1) is 7.11 Å². The minimum Gasteiger partial charge on any atom is -0.497 e. The standard InChI is InChI=1S/C32H46O/c1-3-4-5-6-7-8-25-9-11-26(12-10-25)27-13-15-28(16-14-27)29-17-19-30(20-18-29)31-21-23-32(33-2)24-22-31/h9-12,21-24,27-30H,3-8,13-20H2,1-2H3. The van der Waals surface area contributed by atoms with Crippen LogP contribution in [-0.2, 0) is 6.42 Å². The Bertz CT molecular complexity index is 789. The molecule has 2 aliphatic rings. The molecule has 2 saturated carbocycles. The van der Waals surface area contributed by atoms with Crippen molar-refractivity contribution in [1.29, 1.82) is 0 Å². The molecule has 0 bridgehead atoms. The molecule has 0 aliphatic heterocycles. The van der Waals surface area contributed by atoms with E-state index in [4.69, 9.17) is 4.74 Å². The summed E-state index contributed by atoms with van der Waals surface area (Å²) in [5.41, 5.74) is 4.66. The number of rotatable bonds is 10. The van der Waals surface area contributed by atoms with E-state index in [-0.39, 0.29) is 0 Å². The van der Waals surface area contributed by atoms with Crippen LogP contribution in [0.5, 0.6) is 5.75 Å². The second-order valence-electron chi connectivity index (χ2n) is 10.9. The van der Waals surface area contributed by atoms with Crippen LogP contribution in [0, 0.1) is 11.8 Å². The lowest BCUT2D eigenvalue weighted by atomic mass is 9.67. The third-order valence-corrected chi connectivity index (χ3v) is 8.82. The number of ether oxygens (including phenoxy) is 1. The molecule has 0 unspecified atom stereocenters. The zero-order chi connectivity index (χ0) is 22.9. The summed E-state index contributed by atoms with van der Waals surface area (Å²) in [7, 11) is 1.75. The van der Waals surface area contributed by atoms with Gasteiger partial charge >= 0.3 is 0 Å². The molecule has 0 heterocycles. The van der Waals surface area contributed by atoms with Crippen LogP contribution in [-0.4, -0.2) is 7.11 Å². The second-order valence-corrected chi connectivity index (χ2v) is 10.9. The summed E-state index contributed by atoms with van der Waals surface area (Å²) in [5.74, 6) is 4.47. The van der Waals surface area contributed by atoms with Crippen molar-refractivity contribution in [3.05, 3.63) is 65.2 Å². The van der Waals surface area contributed by atoms with E-state index < -0.39 is 0 Å². The molecular weight excluding hydrogens is 400 g/mol. The van der Waals surface area contributed by atoms with Gasteiger partial charge in [0.25, 0.3) is 0 Å². The molecule has 0 N–H and O–H groups in total. The summed E-state index contributed by atoms with van der Waals surface area (Å²) in [6, 6.07) is 18.6. The zero-order valence-electron chi connectivity index (χ0n) is 21.2. The highest BCUT2D eigenvalue weighted by atomic mass is 16.5. The van der Waals surface area contributed by atoms with Crippen LogP contribution in [0.25, 0.3) is 0 Å². The van der Waals surface area contributed by atoms with Gasteiger partial charge in [0.2, 0.25) is 0 Å². The van der Waals surface area contributed by atoms with Gasteiger partial charge in [-0.15, -0.1) is 0 Å². The Morgan fingerprint density at radius 2 is 1.09 bits per heavy atom. The van der Waals surface area contributed by atoms with Gasteiger partial charge in [-0.3, -0.25) is 0 Å². The number of hydrogen-bond acceptors (Lipinski definition) is 1. The van der Waals surface area contributed by atoms with Crippen molar-refractivity contribution in [1.82, 2.24) is 0 Å². The highest BCUT2D eigenvalue weighted by molar-refractivity contribution is 5.30. The van der Waals surface area contributed by atoms with Crippen LogP contribution in [0.3, 0.4) is 0 Å². The predicted octanol–water partition coefficient (Wildman–Crippen LogP) is 9.46. The monoisotopic (exact) mass is 446 g/mol. The van der Waals surface area contributed by atoms with Crippen molar-refractivity contribution >= 4 is 0 Å². The van der Waals surface area contributed by atoms with E-state index in [1.807, 2.05) is 0 Å². The largest absolute Gasteiger partial charge is 0.497 e. The summed E-state index contributed by atoms with van der Waals surface area (Å²) in [5, 5.41) is 0. The van der Waals surface area contributed by atoms with Gasteiger partial charge in [0, 0.05) is 0 Å². The van der Waals surface area contributed by atoms with E-state index in [9.17, 15) is 0 Å². The van der Waals surface area contributed by atoms with Crippen LogP contribution in [0.4, 0.5) is 0 Å². The smallest absolute Gasteiger partial charge is 0.118 e. The van der Waals surface area contributed by atoms with Crippen molar-refractivity contribution in [2.45, 2.75) is 109 Å². The molecule has 0 amide bonds. The van der Waals surface area contributed by atoms with Crippen molar-refractivity contribution in [2.24, 2.45) is 11.8 Å². The number of hydrogen-bond donors (Lipinski definition) is 0. The maximum absolute atomic E-state index is 5.33. The first-order valence-electron chi connectivity index (χ1n) is 14.0. The van der Waals surface area contributed by atoms with E-state index in [0.717, 1.165) is 29.4 Å². The average molecular weight is 447 g/mol. The minimum atomic E-state index is 0.758. The highest BCUT2D eigenvalue weighted by Gasteiger charge is 2.31. The molecule has 33 heavy (non-hydrogen) atoms. The molecule has 2 fully saturated rings. The van der Waals surface area contributed by atoms with Crippen molar-refractivity contribution in [2.75, 3.05) is 7.11 Å². The third-order valence-electron chi connectivity index (χ3n) is 8.82. The van der Waals surface area contributed by atoms with Gasteiger partial charge in [-0.1, -0.05) is 69.0 Å². The summed E-state index contributed by atoms with van der Waals surface area (Å²) in [6.07, 6.45) is 19.4. The lowest BCUT2D eigenvalue weighted by molar-refractivity contribution is 0.177. The number of aryl methyl sites for hydroxylation is 1. The number of unbranched alkanes of at least 4 members (excludes halogenated alkanes) is 4. The fourth-order valence-electron chi connectivity index (χ4n) is 6.61. The summed E-state index contributed by atoms with van der Waals surface area (Å²) in [4.78, 5) is 0. The summed E-state index contributed by atoms with van der Waals surface area (Å²) >= 11 is 0.